The van der Waals surface area contributed by atoms with Crippen molar-refractivity contribution >= 4 is 11.6 Å². The summed E-state index contributed by atoms with van der Waals surface area (Å²) in [5, 5.41) is 3.00. The molecule has 0 aliphatic heterocycles. The minimum Gasteiger partial charge on any atom is -0.385 e. The summed E-state index contributed by atoms with van der Waals surface area (Å²) in [6.45, 7) is 12.5. The molecule has 21 heavy (non-hydrogen) atoms. The Hall–Kier alpha value is -1.65. The van der Waals surface area contributed by atoms with Crippen LogP contribution in [-0.2, 0) is 0 Å². The Morgan fingerprint density at radius 2 is 1.86 bits per heavy atom. The van der Waals surface area contributed by atoms with E-state index in [9.17, 15) is 4.79 Å². The van der Waals surface area contributed by atoms with Crippen molar-refractivity contribution < 1.29 is 4.79 Å². The van der Waals surface area contributed by atoms with E-state index in [1.807, 2.05) is 20.9 Å². The minimum atomic E-state index is -0.0777. The van der Waals surface area contributed by atoms with Crippen molar-refractivity contribution in [3.63, 3.8) is 0 Å². The number of carbonyl (C=O) groups excluding carboxylic acids is 1. The number of nitrogens with one attached hydrogen (secondary N) is 1. The molecule has 0 spiro atoms. The summed E-state index contributed by atoms with van der Waals surface area (Å²) in [7, 11) is 3.60. The van der Waals surface area contributed by atoms with E-state index in [1.54, 1.807) is 18.1 Å². The smallest absolute Gasteiger partial charge is 0.274 e. The Morgan fingerprint density at radius 3 is 2.29 bits per heavy atom. The number of hydrogen-bond donors (Lipinski definition) is 1. The van der Waals surface area contributed by atoms with Crippen LogP contribution in [0.4, 0.5) is 5.69 Å². The summed E-state index contributed by atoms with van der Waals surface area (Å²) in [5.41, 5.74) is 1.12. The zero-order valence-corrected chi connectivity index (χ0v) is 14.5. The van der Waals surface area contributed by atoms with E-state index in [0.29, 0.717) is 17.2 Å². The van der Waals surface area contributed by atoms with Gasteiger partial charge in [-0.25, -0.2) is 9.97 Å². The second-order valence-corrected chi connectivity index (χ2v) is 6.85. The molecule has 0 bridgehead atoms. The molecule has 1 rings (SSSR count). The van der Waals surface area contributed by atoms with E-state index in [2.05, 4.69) is 43.0 Å². The molecule has 0 saturated carbocycles. The van der Waals surface area contributed by atoms with Crippen LogP contribution in [0.5, 0.6) is 0 Å². The van der Waals surface area contributed by atoms with Gasteiger partial charge in [0.25, 0.3) is 5.91 Å². The van der Waals surface area contributed by atoms with Crippen LogP contribution < -0.4 is 5.32 Å². The van der Waals surface area contributed by atoms with Gasteiger partial charge >= 0.3 is 0 Å². The third-order valence-corrected chi connectivity index (χ3v) is 3.95. The fraction of sp³-hybridized carbons (Fsp3) is 0.688. The molecule has 1 N–H and O–H groups in total. The van der Waals surface area contributed by atoms with Crippen LogP contribution in [-0.4, -0.2) is 40.9 Å². The SMILES string of the molecule is CNc1cnc(C(C)C)nc1C(=O)N(C)C(C)C(C)(C)C. The topological polar surface area (TPSA) is 58.1 Å². The molecule has 1 atom stereocenters. The summed E-state index contributed by atoms with van der Waals surface area (Å²) in [6, 6.07) is 0.104. The Balaban J connectivity index is 3.19. The minimum absolute atomic E-state index is 0.0120. The molecule has 1 unspecified atom stereocenters. The standard InChI is InChI=1S/C16H28N4O/c1-10(2)14-18-9-12(17-7)13(19-14)15(21)20(8)11(3)16(4,5)6/h9-11,17H,1-8H3. The highest BCUT2D eigenvalue weighted by Gasteiger charge is 2.29. The molecule has 1 heterocycles. The lowest BCUT2D eigenvalue weighted by Gasteiger charge is -2.35. The molecule has 0 fully saturated rings. The van der Waals surface area contributed by atoms with Gasteiger partial charge in [-0.3, -0.25) is 4.79 Å². The molecule has 0 saturated heterocycles. The summed E-state index contributed by atoms with van der Waals surface area (Å²) < 4.78 is 0. The maximum atomic E-state index is 12.8. The van der Waals surface area contributed by atoms with Crippen molar-refractivity contribution in [2.75, 3.05) is 19.4 Å². The highest BCUT2D eigenvalue weighted by molar-refractivity contribution is 5.97. The summed E-state index contributed by atoms with van der Waals surface area (Å²) in [5.74, 6) is 0.799. The molecule has 118 valence electrons. The second-order valence-electron chi connectivity index (χ2n) is 6.85. The Bertz CT molecular complexity index is 505. The van der Waals surface area contributed by atoms with Crippen LogP contribution in [0, 0.1) is 5.41 Å². The van der Waals surface area contributed by atoms with Gasteiger partial charge in [0.1, 0.15) is 5.82 Å². The predicted octanol–water partition coefficient (Wildman–Crippen LogP) is 3.15. The molecule has 0 radical (unpaired) electrons. The number of nitrogens with zero attached hydrogens (tertiary/aromatic N) is 3. The molecule has 1 aromatic rings. The molecule has 5 heteroatoms. The zero-order valence-electron chi connectivity index (χ0n) is 14.5. The molecule has 5 nitrogen and oxygen atoms in total. The van der Waals surface area contributed by atoms with Crippen LogP contribution in [0.25, 0.3) is 0 Å². The number of rotatable bonds is 4. The Morgan fingerprint density at radius 1 is 1.29 bits per heavy atom. The third kappa shape index (κ3) is 3.93. The number of amides is 1. The molecule has 0 aromatic carbocycles. The Kier molecular flexibility index (Phi) is 5.31. The van der Waals surface area contributed by atoms with Crippen molar-refractivity contribution in [3.05, 3.63) is 17.7 Å². The molecule has 1 amide bonds. The van der Waals surface area contributed by atoms with Crippen molar-refractivity contribution in [2.24, 2.45) is 5.41 Å². The average Bonchev–Trinajstić information content (AvgIpc) is 2.42. The highest BCUT2D eigenvalue weighted by atomic mass is 16.2. The van der Waals surface area contributed by atoms with Crippen LogP contribution in [0.15, 0.2) is 6.20 Å². The van der Waals surface area contributed by atoms with E-state index in [4.69, 9.17) is 0 Å². The molecule has 1 aromatic heterocycles. The first-order valence-electron chi connectivity index (χ1n) is 7.41. The van der Waals surface area contributed by atoms with Gasteiger partial charge in [0.2, 0.25) is 0 Å². The Labute approximate surface area is 128 Å². The van der Waals surface area contributed by atoms with Crippen molar-refractivity contribution in [1.29, 1.82) is 0 Å². The summed E-state index contributed by atoms with van der Waals surface area (Å²) in [6.07, 6.45) is 1.69. The van der Waals surface area contributed by atoms with Crippen molar-refractivity contribution in [2.45, 2.75) is 53.5 Å². The molecular weight excluding hydrogens is 264 g/mol. The largest absolute Gasteiger partial charge is 0.385 e. The lowest BCUT2D eigenvalue weighted by atomic mass is 9.87. The molecule has 0 aliphatic carbocycles. The maximum Gasteiger partial charge on any atom is 0.274 e. The predicted molar refractivity (Wildman–Crippen MR) is 86.7 cm³/mol. The number of aromatic nitrogens is 2. The van der Waals surface area contributed by atoms with Gasteiger partial charge in [-0.15, -0.1) is 0 Å². The molecular formula is C16H28N4O. The number of anilines is 1. The summed E-state index contributed by atoms with van der Waals surface area (Å²) >= 11 is 0. The fourth-order valence-electron chi connectivity index (χ4n) is 1.94. The van der Waals surface area contributed by atoms with Gasteiger partial charge in [-0.2, -0.15) is 0 Å². The normalized spacial score (nSPS) is 13.2. The van der Waals surface area contributed by atoms with Gasteiger partial charge < -0.3 is 10.2 Å². The second kappa shape index (κ2) is 6.41. The quantitative estimate of drug-likeness (QED) is 0.926. The van der Waals surface area contributed by atoms with E-state index in [1.165, 1.54) is 0 Å². The lowest BCUT2D eigenvalue weighted by molar-refractivity contribution is 0.0624. The van der Waals surface area contributed by atoms with Crippen LogP contribution in [0.1, 0.15) is 63.8 Å². The number of carbonyl (C=O) groups is 1. The average molecular weight is 292 g/mol. The lowest BCUT2D eigenvalue weighted by Crippen LogP contribution is -2.43. The third-order valence-electron chi connectivity index (χ3n) is 3.95. The van der Waals surface area contributed by atoms with Crippen molar-refractivity contribution in [3.8, 4) is 0 Å². The summed E-state index contributed by atoms with van der Waals surface area (Å²) in [4.78, 5) is 23.3. The first-order valence-corrected chi connectivity index (χ1v) is 7.41. The van der Waals surface area contributed by atoms with Gasteiger partial charge in [0.05, 0.1) is 11.9 Å². The van der Waals surface area contributed by atoms with Gasteiger partial charge in [-0.05, 0) is 12.3 Å². The van der Waals surface area contributed by atoms with Crippen molar-refractivity contribution in [1.82, 2.24) is 14.9 Å². The van der Waals surface area contributed by atoms with E-state index >= 15 is 0 Å². The monoisotopic (exact) mass is 292 g/mol. The van der Waals surface area contributed by atoms with Crippen LogP contribution in [0.2, 0.25) is 0 Å². The molecule has 0 aliphatic rings. The first-order chi connectivity index (χ1) is 9.59. The van der Waals surface area contributed by atoms with E-state index in [-0.39, 0.29) is 23.3 Å². The van der Waals surface area contributed by atoms with E-state index < -0.39 is 0 Å². The maximum absolute atomic E-state index is 12.8. The van der Waals surface area contributed by atoms with E-state index in [0.717, 1.165) is 0 Å². The zero-order chi connectivity index (χ0) is 16.4. The number of hydrogen-bond acceptors (Lipinski definition) is 4. The van der Waals surface area contributed by atoms with Gasteiger partial charge in [0.15, 0.2) is 5.69 Å². The van der Waals surface area contributed by atoms with Crippen LogP contribution in [0.3, 0.4) is 0 Å². The fourth-order valence-corrected chi connectivity index (χ4v) is 1.94. The van der Waals surface area contributed by atoms with Gasteiger partial charge in [0, 0.05) is 26.1 Å². The van der Waals surface area contributed by atoms with Gasteiger partial charge in [-0.1, -0.05) is 34.6 Å². The first kappa shape index (κ1) is 17.4. The highest BCUT2D eigenvalue weighted by Crippen LogP contribution is 2.25. The van der Waals surface area contributed by atoms with Crippen LogP contribution >= 0.6 is 0 Å².